The van der Waals surface area contributed by atoms with E-state index >= 15 is 0 Å². The lowest BCUT2D eigenvalue weighted by Crippen LogP contribution is -2.44. The van der Waals surface area contributed by atoms with Crippen LogP contribution in [-0.4, -0.2) is 79.5 Å². The standard InChI is InChI=1S/C27H39ClN4O7S/c1-27(2,3)38-26(33)31-11-8-20(16-31)37-19-9-12-32(13-10-19)40(34,35)30-25-21-14-22(28)24(15-23(21)39-29-25)36-17-18-6-4-5-7-18/h14-15,18-20H,4-13,16-17H2,1-3H3,(H,29,30). The van der Waals surface area contributed by atoms with Crippen LogP contribution >= 0.6 is 11.6 Å². The third-order valence-electron chi connectivity index (χ3n) is 7.62. The van der Waals surface area contributed by atoms with Crippen molar-refractivity contribution in [3.63, 3.8) is 0 Å². The lowest BCUT2D eigenvalue weighted by molar-refractivity contribution is -0.0306. The number of likely N-dealkylation sites (tertiary alicyclic amines) is 1. The van der Waals surface area contributed by atoms with Gasteiger partial charge in [0.05, 0.1) is 35.8 Å². The molecular formula is C27H39ClN4O7S. The van der Waals surface area contributed by atoms with E-state index in [2.05, 4.69) is 9.88 Å². The molecule has 1 amide bonds. The van der Waals surface area contributed by atoms with E-state index in [-0.39, 0.29) is 24.1 Å². The van der Waals surface area contributed by atoms with Crippen LogP contribution in [0.3, 0.4) is 0 Å². The fraction of sp³-hybridized carbons (Fsp3) is 0.704. The molecule has 40 heavy (non-hydrogen) atoms. The molecule has 1 unspecified atom stereocenters. The molecule has 2 aromatic rings. The highest BCUT2D eigenvalue weighted by molar-refractivity contribution is 7.90. The summed E-state index contributed by atoms with van der Waals surface area (Å²) < 4.78 is 53.2. The summed E-state index contributed by atoms with van der Waals surface area (Å²) in [4.78, 5) is 14.0. The SMILES string of the molecule is CC(C)(C)OC(=O)N1CCC(OC2CCN(S(=O)(=O)Nc3noc4cc(OCC5CCCC5)c(Cl)cc34)CC2)C1. The Kier molecular flexibility index (Phi) is 8.70. The molecule has 0 radical (unpaired) electrons. The smallest absolute Gasteiger partial charge is 0.410 e. The van der Waals surface area contributed by atoms with E-state index in [1.165, 1.54) is 17.1 Å². The summed E-state index contributed by atoms with van der Waals surface area (Å²) in [7, 11) is -3.87. The number of carbonyl (C=O) groups is 1. The molecule has 13 heteroatoms. The molecular weight excluding hydrogens is 560 g/mol. The largest absolute Gasteiger partial charge is 0.492 e. The monoisotopic (exact) mass is 598 g/mol. The Morgan fingerprint density at radius 3 is 2.50 bits per heavy atom. The van der Waals surface area contributed by atoms with Crippen LogP contribution in [0.1, 0.15) is 65.7 Å². The van der Waals surface area contributed by atoms with Crippen molar-refractivity contribution in [3.8, 4) is 5.75 Å². The first-order valence-corrected chi connectivity index (χ1v) is 15.9. The predicted molar refractivity (Wildman–Crippen MR) is 151 cm³/mol. The van der Waals surface area contributed by atoms with Crippen LogP contribution in [0.5, 0.6) is 5.75 Å². The Bertz CT molecular complexity index is 1300. The van der Waals surface area contributed by atoms with Crippen LogP contribution in [0.15, 0.2) is 16.7 Å². The van der Waals surface area contributed by atoms with Gasteiger partial charge in [0.15, 0.2) is 11.4 Å². The number of carbonyl (C=O) groups excluding carboxylic acids is 1. The van der Waals surface area contributed by atoms with Crippen LogP contribution < -0.4 is 9.46 Å². The molecule has 2 saturated heterocycles. The Labute approximate surface area is 240 Å². The number of ether oxygens (including phenoxy) is 3. The molecule has 11 nitrogen and oxygen atoms in total. The second kappa shape index (κ2) is 11.9. The minimum atomic E-state index is -3.87. The molecule has 1 aromatic carbocycles. The van der Waals surface area contributed by atoms with Gasteiger partial charge in [-0.2, -0.15) is 12.7 Å². The summed E-state index contributed by atoms with van der Waals surface area (Å²) >= 11 is 6.45. The van der Waals surface area contributed by atoms with Gasteiger partial charge in [-0.1, -0.05) is 29.6 Å². The van der Waals surface area contributed by atoms with E-state index in [9.17, 15) is 13.2 Å². The first kappa shape index (κ1) is 29.2. The van der Waals surface area contributed by atoms with E-state index in [0.717, 1.165) is 19.3 Å². The number of aromatic nitrogens is 1. The van der Waals surface area contributed by atoms with Crippen molar-refractivity contribution in [2.75, 3.05) is 37.5 Å². The first-order chi connectivity index (χ1) is 19.0. The lowest BCUT2D eigenvalue weighted by atomic mass is 10.1. The first-order valence-electron chi connectivity index (χ1n) is 14.1. The number of benzene rings is 1. The quantitative estimate of drug-likeness (QED) is 0.440. The summed E-state index contributed by atoms with van der Waals surface area (Å²) in [5.74, 6) is 1.12. The summed E-state index contributed by atoms with van der Waals surface area (Å²) in [6.45, 7) is 7.79. The molecule has 1 saturated carbocycles. The number of amides is 1. The van der Waals surface area contributed by atoms with Crippen molar-refractivity contribution < 1.29 is 31.9 Å². The van der Waals surface area contributed by atoms with Crippen LogP contribution in [0.25, 0.3) is 11.0 Å². The molecule has 2 aliphatic heterocycles. The fourth-order valence-corrected chi connectivity index (χ4v) is 6.94. The maximum absolute atomic E-state index is 13.2. The summed E-state index contributed by atoms with van der Waals surface area (Å²) in [5.41, 5.74) is -0.147. The number of hydrogen-bond acceptors (Lipinski definition) is 8. The van der Waals surface area contributed by atoms with Crippen molar-refractivity contribution in [2.45, 2.75) is 83.5 Å². The predicted octanol–water partition coefficient (Wildman–Crippen LogP) is 5.20. The van der Waals surface area contributed by atoms with E-state index < -0.39 is 15.8 Å². The van der Waals surface area contributed by atoms with Gasteiger partial charge in [-0.25, -0.2) is 4.79 Å². The highest BCUT2D eigenvalue weighted by atomic mass is 35.5. The average molecular weight is 599 g/mol. The highest BCUT2D eigenvalue weighted by Gasteiger charge is 2.34. The van der Waals surface area contributed by atoms with E-state index in [1.807, 2.05) is 20.8 Å². The number of halogens is 1. The summed E-state index contributed by atoms with van der Waals surface area (Å²) in [5, 5.41) is 4.80. The fourth-order valence-electron chi connectivity index (χ4n) is 5.51. The topological polar surface area (TPSA) is 123 Å². The molecule has 1 atom stereocenters. The maximum atomic E-state index is 13.2. The number of nitrogens with zero attached hydrogens (tertiary/aromatic N) is 3. The number of nitrogens with one attached hydrogen (secondary N) is 1. The lowest BCUT2D eigenvalue weighted by Gasteiger charge is -2.32. The van der Waals surface area contributed by atoms with Gasteiger partial charge in [0.1, 0.15) is 11.4 Å². The molecule has 1 N–H and O–H groups in total. The number of fused-ring (bicyclic) bond motifs is 1. The second-order valence-corrected chi connectivity index (χ2v) is 14.0. The van der Waals surface area contributed by atoms with Crippen LogP contribution in [-0.2, 0) is 19.7 Å². The normalized spacial score (nSPS) is 21.8. The molecule has 5 rings (SSSR count). The molecule has 1 aromatic heterocycles. The van der Waals surface area contributed by atoms with Gasteiger partial charge >= 0.3 is 16.3 Å². The Morgan fingerprint density at radius 2 is 1.80 bits per heavy atom. The second-order valence-electron chi connectivity index (χ2n) is 12.0. The van der Waals surface area contributed by atoms with Crippen molar-refractivity contribution in [1.82, 2.24) is 14.4 Å². The van der Waals surface area contributed by atoms with Crippen molar-refractivity contribution in [1.29, 1.82) is 0 Å². The Morgan fingerprint density at radius 1 is 1.10 bits per heavy atom. The van der Waals surface area contributed by atoms with Crippen LogP contribution in [0.2, 0.25) is 5.02 Å². The maximum Gasteiger partial charge on any atom is 0.410 e. The molecule has 0 spiro atoms. The summed E-state index contributed by atoms with van der Waals surface area (Å²) in [6, 6.07) is 3.28. The average Bonchev–Trinajstić information content (AvgIpc) is 3.64. The molecule has 0 bridgehead atoms. The molecule has 3 heterocycles. The van der Waals surface area contributed by atoms with Crippen LogP contribution in [0, 0.1) is 5.92 Å². The third-order valence-corrected chi connectivity index (χ3v) is 9.41. The van der Waals surface area contributed by atoms with E-state index in [0.29, 0.717) is 73.3 Å². The highest BCUT2D eigenvalue weighted by Crippen LogP contribution is 2.35. The van der Waals surface area contributed by atoms with Gasteiger partial charge in [-0.15, -0.1) is 0 Å². The number of anilines is 1. The van der Waals surface area contributed by atoms with Crippen molar-refractivity contribution in [3.05, 3.63) is 17.2 Å². The van der Waals surface area contributed by atoms with E-state index in [1.54, 1.807) is 17.0 Å². The van der Waals surface area contributed by atoms with Crippen LogP contribution in [0.4, 0.5) is 10.6 Å². The van der Waals surface area contributed by atoms with E-state index in [4.69, 9.17) is 30.3 Å². The van der Waals surface area contributed by atoms with Gasteiger partial charge in [-0.05, 0) is 64.9 Å². The number of rotatable bonds is 8. The Hall–Kier alpha value is -2.28. The van der Waals surface area contributed by atoms with Gasteiger partial charge < -0.3 is 23.6 Å². The molecule has 3 aliphatic rings. The van der Waals surface area contributed by atoms with Gasteiger partial charge in [0.2, 0.25) is 0 Å². The Balaban J connectivity index is 1.12. The zero-order valence-electron chi connectivity index (χ0n) is 23.4. The number of piperidine rings is 1. The van der Waals surface area contributed by atoms with Crippen molar-refractivity contribution in [2.24, 2.45) is 5.92 Å². The third kappa shape index (κ3) is 7.13. The van der Waals surface area contributed by atoms with Crippen molar-refractivity contribution >= 4 is 44.7 Å². The zero-order chi connectivity index (χ0) is 28.5. The molecule has 1 aliphatic carbocycles. The zero-order valence-corrected chi connectivity index (χ0v) is 24.9. The van der Waals surface area contributed by atoms with Gasteiger partial charge in [0.25, 0.3) is 0 Å². The minimum Gasteiger partial charge on any atom is -0.492 e. The molecule has 222 valence electrons. The van der Waals surface area contributed by atoms with Gasteiger partial charge in [-0.3, -0.25) is 4.72 Å². The molecule has 3 fully saturated rings. The van der Waals surface area contributed by atoms with Gasteiger partial charge in [0, 0.05) is 25.7 Å². The minimum absolute atomic E-state index is 0.0793. The number of hydrogen-bond donors (Lipinski definition) is 1. The summed E-state index contributed by atoms with van der Waals surface area (Å²) in [6.07, 6.45) is 6.11.